The number of hydrogen-bond acceptors (Lipinski definition) is 2. The maximum absolute atomic E-state index is 2.34. The van der Waals surface area contributed by atoms with Crippen LogP contribution < -0.4 is 0 Å². The number of rotatable bonds is 0. The van der Waals surface area contributed by atoms with Crippen molar-refractivity contribution < 1.29 is 0 Å². The molecule has 1 saturated heterocycles. The van der Waals surface area contributed by atoms with Crippen LogP contribution in [0, 0.1) is 0 Å². The zero-order valence-corrected chi connectivity index (χ0v) is 7.56. The molecular weight excluding hydrogens is 148 g/mol. The van der Waals surface area contributed by atoms with Crippen LogP contribution in [0.25, 0.3) is 0 Å². The Hall–Kier alpha value is 0.700. The van der Waals surface area contributed by atoms with E-state index in [1.54, 1.807) is 0 Å². The Bertz CT molecular complexity index is 65.3. The first kappa shape index (κ1) is 7.80. The predicted molar refractivity (Wildman–Crippen MR) is 48.5 cm³/mol. The van der Waals surface area contributed by atoms with Crippen LogP contribution in [0.1, 0.15) is 19.8 Å². The average molecular weight is 162 g/mol. The Morgan fingerprint density at radius 3 is 2.89 bits per heavy atom. The molecule has 1 aliphatic rings. The molecule has 54 valence electrons. The van der Waals surface area contributed by atoms with E-state index in [9.17, 15) is 0 Å². The molecule has 0 aromatic rings. The van der Waals surface area contributed by atoms with Gasteiger partial charge in [0.25, 0.3) is 0 Å². The van der Waals surface area contributed by atoms with E-state index in [4.69, 9.17) is 0 Å². The smallest absolute Gasteiger partial charge is 0.0109 e. The fraction of sp³-hybridized carbons (Fsp3) is 1.00. The van der Waals surface area contributed by atoms with Crippen LogP contribution >= 0.6 is 23.5 Å². The fourth-order valence-electron chi connectivity index (χ4n) is 0.888. The summed E-state index contributed by atoms with van der Waals surface area (Å²) in [5, 5.41) is 0.898. The second-order valence-corrected chi connectivity index (χ2v) is 5.16. The van der Waals surface area contributed by atoms with E-state index < -0.39 is 0 Å². The highest BCUT2D eigenvalue weighted by Crippen LogP contribution is 2.21. The van der Waals surface area contributed by atoms with Crippen molar-refractivity contribution in [2.45, 2.75) is 25.0 Å². The van der Waals surface area contributed by atoms with Crippen molar-refractivity contribution in [1.29, 1.82) is 0 Å². The molecule has 0 spiro atoms. The van der Waals surface area contributed by atoms with Crippen LogP contribution in [-0.2, 0) is 0 Å². The normalized spacial score (nSPS) is 31.0. The molecule has 0 aliphatic carbocycles. The molecule has 9 heavy (non-hydrogen) atoms. The van der Waals surface area contributed by atoms with Gasteiger partial charge in [-0.15, -0.1) is 0 Å². The van der Waals surface area contributed by atoms with Gasteiger partial charge in [-0.2, -0.15) is 23.5 Å². The van der Waals surface area contributed by atoms with Gasteiger partial charge in [0, 0.05) is 11.0 Å². The highest BCUT2D eigenvalue weighted by Gasteiger charge is 2.04. The van der Waals surface area contributed by atoms with Gasteiger partial charge in [-0.25, -0.2) is 0 Å². The largest absolute Gasteiger partial charge is 0.161 e. The van der Waals surface area contributed by atoms with Crippen molar-refractivity contribution in [3.05, 3.63) is 0 Å². The van der Waals surface area contributed by atoms with E-state index in [0.29, 0.717) is 0 Å². The monoisotopic (exact) mass is 162 g/mol. The third kappa shape index (κ3) is 3.41. The summed E-state index contributed by atoms with van der Waals surface area (Å²) in [5.41, 5.74) is 0. The summed E-state index contributed by atoms with van der Waals surface area (Å²) in [6, 6.07) is 0. The van der Waals surface area contributed by atoms with E-state index in [0.717, 1.165) is 5.25 Å². The molecule has 1 unspecified atom stereocenters. The van der Waals surface area contributed by atoms with Crippen LogP contribution in [0.3, 0.4) is 0 Å². The highest BCUT2D eigenvalue weighted by atomic mass is 32.2. The SMILES string of the molecule is CC1CSCCCCS1. The van der Waals surface area contributed by atoms with E-state index in [1.165, 1.54) is 30.1 Å². The molecule has 0 nitrogen and oxygen atoms in total. The minimum Gasteiger partial charge on any atom is -0.161 e. The summed E-state index contributed by atoms with van der Waals surface area (Å²) < 4.78 is 0. The fourth-order valence-corrected chi connectivity index (χ4v) is 3.24. The molecule has 0 saturated carbocycles. The molecule has 0 aromatic carbocycles. The molecule has 1 heterocycles. The van der Waals surface area contributed by atoms with Crippen LogP contribution in [0.2, 0.25) is 0 Å². The van der Waals surface area contributed by atoms with E-state index in [1.807, 2.05) is 0 Å². The summed E-state index contributed by atoms with van der Waals surface area (Å²) in [5.74, 6) is 4.15. The molecule has 0 radical (unpaired) electrons. The molecule has 0 amide bonds. The van der Waals surface area contributed by atoms with Gasteiger partial charge in [0.05, 0.1) is 0 Å². The van der Waals surface area contributed by atoms with Gasteiger partial charge in [0.15, 0.2) is 0 Å². The third-order valence-corrected chi connectivity index (χ3v) is 4.22. The molecule has 1 rings (SSSR count). The van der Waals surface area contributed by atoms with E-state index in [2.05, 4.69) is 30.4 Å². The Morgan fingerprint density at radius 1 is 1.22 bits per heavy atom. The van der Waals surface area contributed by atoms with Gasteiger partial charge in [-0.3, -0.25) is 0 Å². The molecule has 1 aliphatic heterocycles. The first-order valence-electron chi connectivity index (χ1n) is 3.59. The van der Waals surface area contributed by atoms with E-state index >= 15 is 0 Å². The van der Waals surface area contributed by atoms with Crippen LogP contribution in [-0.4, -0.2) is 22.5 Å². The first-order valence-corrected chi connectivity index (χ1v) is 5.79. The summed E-state index contributed by atoms with van der Waals surface area (Å²) in [6.07, 6.45) is 2.87. The van der Waals surface area contributed by atoms with Crippen molar-refractivity contribution in [1.82, 2.24) is 0 Å². The average Bonchev–Trinajstić information content (AvgIpc) is 1.79. The summed E-state index contributed by atoms with van der Waals surface area (Å²) in [4.78, 5) is 0. The minimum absolute atomic E-state index is 0.898. The van der Waals surface area contributed by atoms with Gasteiger partial charge in [-0.05, 0) is 24.3 Å². The third-order valence-electron chi connectivity index (χ3n) is 1.44. The van der Waals surface area contributed by atoms with Crippen molar-refractivity contribution in [3.8, 4) is 0 Å². The van der Waals surface area contributed by atoms with Gasteiger partial charge >= 0.3 is 0 Å². The zero-order valence-electron chi connectivity index (χ0n) is 5.93. The molecule has 1 atom stereocenters. The van der Waals surface area contributed by atoms with Gasteiger partial charge < -0.3 is 0 Å². The van der Waals surface area contributed by atoms with Crippen molar-refractivity contribution in [3.63, 3.8) is 0 Å². The number of hydrogen-bond donors (Lipinski definition) is 0. The molecule has 1 fully saturated rings. The molecule has 0 N–H and O–H groups in total. The Kier molecular flexibility index (Phi) is 3.91. The quantitative estimate of drug-likeness (QED) is 0.537. The van der Waals surface area contributed by atoms with Gasteiger partial charge in [0.2, 0.25) is 0 Å². The van der Waals surface area contributed by atoms with Crippen molar-refractivity contribution >= 4 is 23.5 Å². The Morgan fingerprint density at radius 2 is 2.00 bits per heavy atom. The lowest BCUT2D eigenvalue weighted by atomic mass is 10.4. The van der Waals surface area contributed by atoms with Crippen molar-refractivity contribution in [2.24, 2.45) is 0 Å². The lowest BCUT2D eigenvalue weighted by Gasteiger charge is -2.13. The zero-order chi connectivity index (χ0) is 6.53. The van der Waals surface area contributed by atoms with Gasteiger partial charge in [-0.1, -0.05) is 6.92 Å². The molecular formula is C7H14S2. The van der Waals surface area contributed by atoms with E-state index in [-0.39, 0.29) is 0 Å². The van der Waals surface area contributed by atoms with Gasteiger partial charge in [0.1, 0.15) is 0 Å². The second-order valence-electron chi connectivity index (χ2n) is 2.46. The lowest BCUT2D eigenvalue weighted by Crippen LogP contribution is -2.05. The van der Waals surface area contributed by atoms with Crippen molar-refractivity contribution in [2.75, 3.05) is 17.3 Å². The first-order chi connectivity index (χ1) is 4.39. The minimum atomic E-state index is 0.898. The molecule has 0 bridgehead atoms. The molecule has 0 aromatic heterocycles. The Labute approximate surface area is 66.2 Å². The maximum Gasteiger partial charge on any atom is 0.0109 e. The topological polar surface area (TPSA) is 0 Å². The predicted octanol–water partition coefficient (Wildman–Crippen LogP) is 2.64. The summed E-state index contributed by atoms with van der Waals surface area (Å²) in [6.45, 7) is 2.34. The standard InChI is InChI=1S/C7H14S2/c1-7-6-8-4-2-3-5-9-7/h7H,2-6H2,1H3. The van der Waals surface area contributed by atoms with Crippen LogP contribution in [0.15, 0.2) is 0 Å². The summed E-state index contributed by atoms with van der Waals surface area (Å²) >= 11 is 4.25. The molecule has 2 heteroatoms. The second kappa shape index (κ2) is 4.51. The van der Waals surface area contributed by atoms with Crippen LogP contribution in [0.4, 0.5) is 0 Å². The van der Waals surface area contributed by atoms with Crippen LogP contribution in [0.5, 0.6) is 0 Å². The number of thioether (sulfide) groups is 2. The summed E-state index contributed by atoms with van der Waals surface area (Å²) in [7, 11) is 0. The maximum atomic E-state index is 2.34. The Balaban J connectivity index is 2.12. The highest BCUT2D eigenvalue weighted by molar-refractivity contribution is 8.03. The lowest BCUT2D eigenvalue weighted by molar-refractivity contribution is 0.895.